The number of imide groups is 1. The maximum absolute atomic E-state index is 12.6. The lowest BCUT2D eigenvalue weighted by Crippen LogP contribution is -2.45. The number of amides is 3. The van der Waals surface area contributed by atoms with Gasteiger partial charge in [0, 0.05) is 6.07 Å². The average molecular weight is 388 g/mol. The monoisotopic (exact) mass is 387 g/mol. The van der Waals surface area contributed by atoms with Crippen molar-refractivity contribution in [1.29, 1.82) is 0 Å². The second kappa shape index (κ2) is 6.81. The van der Waals surface area contributed by atoms with Gasteiger partial charge in [-0.15, -0.1) is 0 Å². The summed E-state index contributed by atoms with van der Waals surface area (Å²) < 4.78 is 0. The van der Waals surface area contributed by atoms with Crippen molar-refractivity contribution in [2.24, 2.45) is 0 Å². The lowest BCUT2D eigenvalue weighted by molar-refractivity contribution is -0.385. The third-order valence-corrected chi connectivity index (χ3v) is 4.58. The van der Waals surface area contributed by atoms with Crippen LogP contribution in [-0.4, -0.2) is 33.6 Å². The highest BCUT2D eigenvalue weighted by Crippen LogP contribution is 2.32. The normalized spacial score (nSPS) is 14.1. The maximum Gasteiger partial charge on any atom is 0.282 e. The van der Waals surface area contributed by atoms with Crippen LogP contribution in [0.25, 0.3) is 0 Å². The lowest BCUT2D eigenvalue weighted by Gasteiger charge is -2.22. The Labute approximate surface area is 158 Å². The molecule has 2 aromatic carbocycles. The van der Waals surface area contributed by atoms with Crippen LogP contribution in [0, 0.1) is 17.0 Å². The molecule has 1 aliphatic heterocycles. The highest BCUT2D eigenvalue weighted by molar-refractivity contribution is 6.34. The molecular formula is C18H14ClN3O5. The Morgan fingerprint density at radius 3 is 2.56 bits per heavy atom. The molecule has 27 heavy (non-hydrogen) atoms. The molecule has 0 fully saturated rings. The van der Waals surface area contributed by atoms with E-state index in [9.17, 15) is 24.5 Å². The number of carbonyl (C=O) groups is 3. The van der Waals surface area contributed by atoms with Crippen molar-refractivity contribution < 1.29 is 19.3 Å². The number of nitrogens with one attached hydrogen (secondary N) is 1. The van der Waals surface area contributed by atoms with Gasteiger partial charge in [0.05, 0.1) is 21.2 Å². The van der Waals surface area contributed by atoms with Crippen molar-refractivity contribution in [3.63, 3.8) is 0 Å². The number of carbonyl (C=O) groups excluding carboxylic acids is 3. The molecule has 1 N–H and O–H groups in total. The molecule has 1 aliphatic rings. The predicted molar refractivity (Wildman–Crippen MR) is 97.9 cm³/mol. The van der Waals surface area contributed by atoms with Crippen LogP contribution in [0.1, 0.15) is 33.2 Å². The molecule has 0 spiro atoms. The molecule has 3 rings (SSSR count). The van der Waals surface area contributed by atoms with Gasteiger partial charge < -0.3 is 5.32 Å². The Morgan fingerprint density at radius 1 is 1.22 bits per heavy atom. The number of halogens is 1. The van der Waals surface area contributed by atoms with E-state index in [1.165, 1.54) is 19.1 Å². The van der Waals surface area contributed by atoms with Gasteiger partial charge in [-0.3, -0.25) is 29.4 Å². The molecule has 0 aliphatic carbocycles. The quantitative estimate of drug-likeness (QED) is 0.492. The van der Waals surface area contributed by atoms with E-state index in [2.05, 4.69) is 5.32 Å². The Bertz CT molecular complexity index is 1000. The van der Waals surface area contributed by atoms with Gasteiger partial charge in [0.15, 0.2) is 0 Å². The molecule has 0 aromatic heterocycles. The van der Waals surface area contributed by atoms with Gasteiger partial charge in [0.2, 0.25) is 5.91 Å². The number of benzene rings is 2. The zero-order valence-electron chi connectivity index (χ0n) is 14.4. The Kier molecular flexibility index (Phi) is 4.67. The van der Waals surface area contributed by atoms with E-state index in [-0.39, 0.29) is 11.1 Å². The fourth-order valence-corrected chi connectivity index (χ4v) is 3.15. The van der Waals surface area contributed by atoms with Gasteiger partial charge in [0.1, 0.15) is 11.6 Å². The van der Waals surface area contributed by atoms with E-state index in [0.29, 0.717) is 10.7 Å². The van der Waals surface area contributed by atoms with Crippen molar-refractivity contribution in [3.05, 3.63) is 68.2 Å². The number of aryl methyl sites for hydroxylation is 1. The summed E-state index contributed by atoms with van der Waals surface area (Å²) in [7, 11) is 0. The van der Waals surface area contributed by atoms with Crippen LogP contribution in [0.2, 0.25) is 5.02 Å². The van der Waals surface area contributed by atoms with Crippen LogP contribution in [-0.2, 0) is 4.79 Å². The van der Waals surface area contributed by atoms with Gasteiger partial charge in [0.25, 0.3) is 17.5 Å². The van der Waals surface area contributed by atoms with Crippen LogP contribution >= 0.6 is 11.6 Å². The van der Waals surface area contributed by atoms with Gasteiger partial charge in [-0.2, -0.15) is 0 Å². The van der Waals surface area contributed by atoms with E-state index in [1.54, 1.807) is 18.2 Å². The van der Waals surface area contributed by atoms with E-state index in [1.807, 2.05) is 6.92 Å². The number of hydrogen-bond donors (Lipinski definition) is 1. The third-order valence-electron chi connectivity index (χ3n) is 4.27. The van der Waals surface area contributed by atoms with Gasteiger partial charge >= 0.3 is 0 Å². The first-order valence-electron chi connectivity index (χ1n) is 7.94. The highest BCUT2D eigenvalue weighted by Gasteiger charge is 2.44. The molecule has 138 valence electrons. The van der Waals surface area contributed by atoms with Gasteiger partial charge in [-0.25, -0.2) is 0 Å². The summed E-state index contributed by atoms with van der Waals surface area (Å²) >= 11 is 6.09. The number of nitro groups is 1. The lowest BCUT2D eigenvalue weighted by atomic mass is 10.1. The summed E-state index contributed by atoms with van der Waals surface area (Å²) in [6.07, 6.45) is 0. The Hall–Kier alpha value is -3.26. The number of fused-ring (bicyclic) bond motifs is 1. The molecule has 0 saturated carbocycles. The maximum atomic E-state index is 12.6. The minimum absolute atomic E-state index is 0.0952. The smallest absolute Gasteiger partial charge is 0.282 e. The first-order chi connectivity index (χ1) is 12.7. The standard InChI is InChI=1S/C18H14ClN3O5/c1-9-6-7-13(12(19)8-9)20-16(23)10(2)21-17(24)11-4-3-5-14(22(26)27)15(11)18(21)25/h3-8,10H,1-2H3,(H,20,23). The summed E-state index contributed by atoms with van der Waals surface area (Å²) in [5, 5.41) is 14.0. The molecule has 0 radical (unpaired) electrons. The molecule has 0 bridgehead atoms. The number of hydrogen-bond acceptors (Lipinski definition) is 5. The Balaban J connectivity index is 1.89. The minimum Gasteiger partial charge on any atom is -0.323 e. The number of nitro benzene ring substituents is 1. The SMILES string of the molecule is Cc1ccc(NC(=O)C(C)N2C(=O)c3cccc([N+](=O)[O-])c3C2=O)c(Cl)c1. The average Bonchev–Trinajstić information content (AvgIpc) is 2.87. The second-order valence-electron chi connectivity index (χ2n) is 6.09. The van der Waals surface area contributed by atoms with Crippen molar-refractivity contribution in [3.8, 4) is 0 Å². The van der Waals surface area contributed by atoms with E-state index >= 15 is 0 Å². The topological polar surface area (TPSA) is 110 Å². The molecule has 9 heteroatoms. The number of rotatable bonds is 4. The van der Waals surface area contributed by atoms with Crippen LogP contribution in [0.3, 0.4) is 0 Å². The van der Waals surface area contributed by atoms with Gasteiger partial charge in [-0.05, 0) is 37.6 Å². The highest BCUT2D eigenvalue weighted by atomic mass is 35.5. The van der Waals surface area contributed by atoms with Crippen molar-refractivity contribution in [2.45, 2.75) is 19.9 Å². The number of anilines is 1. The fraction of sp³-hybridized carbons (Fsp3) is 0.167. The van der Waals surface area contributed by atoms with Crippen molar-refractivity contribution in [1.82, 2.24) is 4.90 Å². The van der Waals surface area contributed by atoms with Crippen LogP contribution in [0.5, 0.6) is 0 Å². The number of nitrogens with zero attached hydrogens (tertiary/aromatic N) is 2. The van der Waals surface area contributed by atoms with Crippen molar-refractivity contribution >= 4 is 40.7 Å². The third kappa shape index (κ3) is 3.15. The molecule has 3 amide bonds. The zero-order valence-corrected chi connectivity index (χ0v) is 15.1. The van der Waals surface area contributed by atoms with Crippen LogP contribution in [0.15, 0.2) is 36.4 Å². The molecule has 0 saturated heterocycles. The summed E-state index contributed by atoms with van der Waals surface area (Å²) in [5.41, 5.74) is 0.366. The predicted octanol–water partition coefficient (Wildman–Crippen LogP) is 3.18. The van der Waals surface area contributed by atoms with Crippen molar-refractivity contribution in [2.75, 3.05) is 5.32 Å². The fourth-order valence-electron chi connectivity index (χ4n) is 2.87. The van der Waals surface area contributed by atoms with E-state index in [0.717, 1.165) is 16.5 Å². The van der Waals surface area contributed by atoms with Gasteiger partial charge in [-0.1, -0.05) is 23.7 Å². The molecule has 1 atom stereocenters. The molecule has 2 aromatic rings. The first-order valence-corrected chi connectivity index (χ1v) is 8.32. The zero-order chi connectivity index (χ0) is 19.9. The molecule has 8 nitrogen and oxygen atoms in total. The first kappa shape index (κ1) is 18.5. The van der Waals surface area contributed by atoms with Crippen LogP contribution < -0.4 is 5.32 Å². The molecular weight excluding hydrogens is 374 g/mol. The summed E-state index contributed by atoms with van der Waals surface area (Å²) in [6, 6.07) is 7.62. The minimum atomic E-state index is -1.19. The Morgan fingerprint density at radius 2 is 1.93 bits per heavy atom. The summed E-state index contributed by atoms with van der Waals surface area (Å²) in [6.45, 7) is 3.21. The largest absolute Gasteiger partial charge is 0.323 e. The summed E-state index contributed by atoms with van der Waals surface area (Å²) in [5.74, 6) is -2.27. The van der Waals surface area contributed by atoms with E-state index < -0.39 is 34.4 Å². The molecule has 1 heterocycles. The summed E-state index contributed by atoms with van der Waals surface area (Å²) in [4.78, 5) is 48.9. The molecule has 1 unspecified atom stereocenters. The van der Waals surface area contributed by atoms with E-state index in [4.69, 9.17) is 11.6 Å². The second-order valence-corrected chi connectivity index (χ2v) is 6.49. The van der Waals surface area contributed by atoms with Crippen LogP contribution in [0.4, 0.5) is 11.4 Å².